The number of aliphatic hydroxyl groups is 1. The highest BCUT2D eigenvalue weighted by atomic mass is 35.5. The Kier molecular flexibility index (Phi) is 5.91. The van der Waals surface area contributed by atoms with Crippen LogP contribution >= 0.6 is 23.2 Å². The van der Waals surface area contributed by atoms with Crippen molar-refractivity contribution in [1.82, 2.24) is 5.32 Å². The van der Waals surface area contributed by atoms with Gasteiger partial charge in [-0.1, -0.05) is 41.4 Å². The molecule has 146 valence electrons. The standard InChI is InChI=1S/C19H18Cl2F3NO2/c20-15-5-2-6-16(17(15)21)27-14-4-1-3-13(9-14)10-18(26,19(22,23)24)25-11-12-7-8-12/h1-6,9,12,25-26H,7-8,10-11H2. The average molecular weight is 420 g/mol. The number of hydrogen-bond acceptors (Lipinski definition) is 3. The van der Waals surface area contributed by atoms with E-state index in [0.717, 1.165) is 12.8 Å². The third-order valence-corrected chi connectivity index (χ3v) is 5.15. The van der Waals surface area contributed by atoms with Gasteiger partial charge in [0.15, 0.2) is 0 Å². The highest BCUT2D eigenvalue weighted by molar-refractivity contribution is 6.42. The molecular formula is C19H18Cl2F3NO2. The Balaban J connectivity index is 1.77. The Morgan fingerprint density at radius 2 is 1.81 bits per heavy atom. The quantitative estimate of drug-likeness (QED) is 0.575. The van der Waals surface area contributed by atoms with Crippen molar-refractivity contribution in [2.45, 2.75) is 31.2 Å². The Morgan fingerprint density at radius 3 is 2.48 bits per heavy atom. The molecule has 1 fully saturated rings. The third kappa shape index (κ3) is 5.08. The Labute approximate surface area is 165 Å². The van der Waals surface area contributed by atoms with Gasteiger partial charge in [0.2, 0.25) is 5.72 Å². The monoisotopic (exact) mass is 419 g/mol. The van der Waals surface area contributed by atoms with Gasteiger partial charge in [0.05, 0.1) is 5.02 Å². The zero-order chi connectivity index (χ0) is 19.7. The minimum absolute atomic E-state index is 0.129. The number of benzene rings is 2. The van der Waals surface area contributed by atoms with Crippen LogP contribution in [0, 0.1) is 5.92 Å². The van der Waals surface area contributed by atoms with Crippen molar-refractivity contribution >= 4 is 23.2 Å². The van der Waals surface area contributed by atoms with E-state index in [0.29, 0.717) is 16.5 Å². The smallest absolute Gasteiger partial charge is 0.431 e. The van der Waals surface area contributed by atoms with Gasteiger partial charge in [-0.25, -0.2) is 0 Å². The van der Waals surface area contributed by atoms with E-state index in [9.17, 15) is 18.3 Å². The molecule has 1 atom stereocenters. The number of ether oxygens (including phenoxy) is 1. The lowest BCUT2D eigenvalue weighted by atomic mass is 10.0. The molecule has 1 aliphatic rings. The van der Waals surface area contributed by atoms with Gasteiger partial charge >= 0.3 is 6.18 Å². The summed E-state index contributed by atoms with van der Waals surface area (Å²) < 4.78 is 45.9. The van der Waals surface area contributed by atoms with Crippen LogP contribution in [0.25, 0.3) is 0 Å². The van der Waals surface area contributed by atoms with Gasteiger partial charge in [0.1, 0.15) is 16.5 Å². The lowest BCUT2D eigenvalue weighted by Gasteiger charge is -2.32. The van der Waals surface area contributed by atoms with Crippen LogP contribution in [0.4, 0.5) is 13.2 Å². The van der Waals surface area contributed by atoms with E-state index in [1.165, 1.54) is 12.1 Å². The zero-order valence-electron chi connectivity index (χ0n) is 14.2. The van der Waals surface area contributed by atoms with Crippen LogP contribution in [0.5, 0.6) is 11.5 Å². The van der Waals surface area contributed by atoms with Crippen molar-refractivity contribution in [2.75, 3.05) is 6.54 Å². The van der Waals surface area contributed by atoms with E-state index in [-0.39, 0.29) is 23.0 Å². The third-order valence-electron chi connectivity index (χ3n) is 4.35. The molecule has 0 saturated heterocycles. The summed E-state index contributed by atoms with van der Waals surface area (Å²) in [5.41, 5.74) is -2.73. The molecule has 27 heavy (non-hydrogen) atoms. The molecule has 0 amide bonds. The van der Waals surface area contributed by atoms with E-state index in [4.69, 9.17) is 27.9 Å². The fraction of sp³-hybridized carbons (Fsp3) is 0.368. The summed E-state index contributed by atoms with van der Waals surface area (Å²) in [6, 6.07) is 10.9. The topological polar surface area (TPSA) is 41.5 Å². The SMILES string of the molecule is OC(Cc1cccc(Oc2cccc(Cl)c2Cl)c1)(NCC1CC1)C(F)(F)F. The van der Waals surface area contributed by atoms with Gasteiger partial charge in [-0.3, -0.25) is 5.32 Å². The second kappa shape index (κ2) is 7.87. The molecular weight excluding hydrogens is 402 g/mol. The maximum atomic E-state index is 13.4. The molecule has 1 unspecified atom stereocenters. The molecule has 0 radical (unpaired) electrons. The van der Waals surface area contributed by atoms with E-state index in [1.807, 2.05) is 0 Å². The molecule has 0 aromatic heterocycles. The highest BCUT2D eigenvalue weighted by Crippen LogP contribution is 2.37. The van der Waals surface area contributed by atoms with Crippen molar-refractivity contribution < 1.29 is 23.0 Å². The molecule has 8 heteroatoms. The Hall–Kier alpha value is -1.47. The van der Waals surface area contributed by atoms with Crippen LogP contribution in [0.3, 0.4) is 0 Å². The summed E-state index contributed by atoms with van der Waals surface area (Å²) in [4.78, 5) is 0. The van der Waals surface area contributed by atoms with Gasteiger partial charge in [-0.15, -0.1) is 0 Å². The van der Waals surface area contributed by atoms with Crippen molar-refractivity contribution in [3.63, 3.8) is 0 Å². The van der Waals surface area contributed by atoms with E-state index < -0.39 is 18.3 Å². The predicted molar refractivity (Wildman–Crippen MR) is 98.4 cm³/mol. The fourth-order valence-corrected chi connectivity index (χ4v) is 2.93. The molecule has 3 rings (SSSR count). The Bertz CT molecular complexity index is 812. The Morgan fingerprint density at radius 1 is 1.11 bits per heavy atom. The van der Waals surface area contributed by atoms with Crippen molar-refractivity contribution in [3.8, 4) is 11.5 Å². The van der Waals surface area contributed by atoms with Gasteiger partial charge in [0.25, 0.3) is 0 Å². The van der Waals surface area contributed by atoms with Crippen LogP contribution in [-0.4, -0.2) is 23.6 Å². The number of hydrogen-bond donors (Lipinski definition) is 2. The molecule has 0 bridgehead atoms. The van der Waals surface area contributed by atoms with Crippen LogP contribution in [-0.2, 0) is 6.42 Å². The lowest BCUT2D eigenvalue weighted by Crippen LogP contribution is -2.59. The first kappa shape index (κ1) is 20.3. The molecule has 0 heterocycles. The van der Waals surface area contributed by atoms with Gasteiger partial charge < -0.3 is 9.84 Å². The molecule has 0 spiro atoms. The first-order valence-electron chi connectivity index (χ1n) is 8.43. The molecule has 0 aliphatic heterocycles. The molecule has 2 aromatic carbocycles. The van der Waals surface area contributed by atoms with Crippen molar-refractivity contribution in [1.29, 1.82) is 0 Å². The van der Waals surface area contributed by atoms with Crippen LogP contribution < -0.4 is 10.1 Å². The second-order valence-corrected chi connectivity index (χ2v) is 7.45. The maximum absolute atomic E-state index is 13.4. The summed E-state index contributed by atoms with van der Waals surface area (Å²) in [7, 11) is 0. The number of alkyl halides is 3. The van der Waals surface area contributed by atoms with E-state index in [2.05, 4.69) is 5.32 Å². The van der Waals surface area contributed by atoms with Crippen molar-refractivity contribution in [3.05, 3.63) is 58.1 Å². The van der Waals surface area contributed by atoms with E-state index in [1.54, 1.807) is 30.3 Å². The molecule has 1 saturated carbocycles. The van der Waals surface area contributed by atoms with Gasteiger partial charge in [0, 0.05) is 13.0 Å². The summed E-state index contributed by atoms with van der Waals surface area (Å²) in [6.45, 7) is 0.129. The summed E-state index contributed by atoms with van der Waals surface area (Å²) >= 11 is 12.0. The fourth-order valence-electron chi connectivity index (χ4n) is 2.60. The number of halogens is 5. The van der Waals surface area contributed by atoms with Crippen LogP contribution in [0.2, 0.25) is 10.0 Å². The number of nitrogens with one attached hydrogen (secondary N) is 1. The van der Waals surface area contributed by atoms with Crippen LogP contribution in [0.1, 0.15) is 18.4 Å². The van der Waals surface area contributed by atoms with Gasteiger partial charge in [-0.05, 0) is 48.6 Å². The summed E-state index contributed by atoms with van der Waals surface area (Å²) in [5, 5.41) is 13.0. The van der Waals surface area contributed by atoms with Crippen molar-refractivity contribution in [2.24, 2.45) is 5.92 Å². The minimum atomic E-state index is -4.81. The molecule has 1 aliphatic carbocycles. The summed E-state index contributed by atoms with van der Waals surface area (Å²) in [6.07, 6.45) is -3.69. The minimum Gasteiger partial charge on any atom is -0.456 e. The maximum Gasteiger partial charge on any atom is 0.431 e. The average Bonchev–Trinajstić information content (AvgIpc) is 3.41. The number of rotatable bonds is 7. The molecule has 2 aromatic rings. The first-order chi connectivity index (χ1) is 12.7. The van der Waals surface area contributed by atoms with Gasteiger partial charge in [-0.2, -0.15) is 13.2 Å². The highest BCUT2D eigenvalue weighted by Gasteiger charge is 2.54. The lowest BCUT2D eigenvalue weighted by molar-refractivity contribution is -0.272. The first-order valence-corrected chi connectivity index (χ1v) is 9.18. The van der Waals surface area contributed by atoms with Crippen LogP contribution in [0.15, 0.2) is 42.5 Å². The normalized spacial score (nSPS) is 16.8. The molecule has 2 N–H and O–H groups in total. The largest absolute Gasteiger partial charge is 0.456 e. The zero-order valence-corrected chi connectivity index (χ0v) is 15.7. The van der Waals surface area contributed by atoms with E-state index >= 15 is 0 Å². The predicted octanol–water partition coefficient (Wildman–Crippen LogP) is 5.58. The second-order valence-electron chi connectivity index (χ2n) is 6.66. The molecule has 3 nitrogen and oxygen atoms in total. The summed E-state index contributed by atoms with van der Waals surface area (Å²) in [5.74, 6) is 0.779.